The van der Waals surface area contributed by atoms with Gasteiger partial charge >= 0.3 is 6.03 Å². The summed E-state index contributed by atoms with van der Waals surface area (Å²) in [7, 11) is 0. The number of nitrogens with zero attached hydrogens (tertiary/aromatic N) is 2. The summed E-state index contributed by atoms with van der Waals surface area (Å²) in [6, 6.07) is 22.9. The summed E-state index contributed by atoms with van der Waals surface area (Å²) in [5.41, 5.74) is 2.53. The zero-order valence-electron chi connectivity index (χ0n) is 16.1. The number of hydrogen-bond donors (Lipinski definition) is 1. The van der Waals surface area contributed by atoms with Gasteiger partial charge in [0, 0.05) is 30.7 Å². The molecule has 2 amide bonds. The summed E-state index contributed by atoms with van der Waals surface area (Å²) in [6.45, 7) is 3.46. The van der Waals surface area contributed by atoms with Crippen LogP contribution in [0.25, 0.3) is 0 Å². The second-order valence-electron chi connectivity index (χ2n) is 7.13. The maximum absolute atomic E-state index is 12.5. The largest absolute Gasteiger partial charge is 0.467 e. The van der Waals surface area contributed by atoms with Crippen molar-refractivity contribution in [2.75, 3.05) is 26.2 Å². The molecule has 1 N–H and O–H groups in total. The highest BCUT2D eigenvalue weighted by atomic mass is 79.9. The molecule has 0 saturated carbocycles. The minimum absolute atomic E-state index is 0.0408. The maximum Gasteiger partial charge on any atom is 0.317 e. The molecular weight excluding hydrogens is 430 g/mol. The van der Waals surface area contributed by atoms with Gasteiger partial charge in [-0.05, 0) is 35.4 Å². The van der Waals surface area contributed by atoms with Crippen molar-refractivity contribution in [1.82, 2.24) is 15.1 Å². The standard InChI is InChI=1S/C23H24BrN3O2/c24-20-10-8-19(9-11-20)22(18-5-2-1-3-6-18)26-12-14-27(15-13-26)23(28)25-17-21-7-4-16-29-21/h1-11,16,22H,12-15,17H2,(H,25,28)/t22-/m1/s1. The molecular formula is C23H24BrN3O2. The topological polar surface area (TPSA) is 48.7 Å². The summed E-state index contributed by atoms with van der Waals surface area (Å²) in [5.74, 6) is 0.761. The molecule has 3 aromatic rings. The molecule has 150 valence electrons. The number of carbonyl (C=O) groups is 1. The van der Waals surface area contributed by atoms with E-state index in [2.05, 4.69) is 74.7 Å². The highest BCUT2D eigenvalue weighted by Gasteiger charge is 2.28. The van der Waals surface area contributed by atoms with Crippen LogP contribution in [0.4, 0.5) is 4.79 Å². The van der Waals surface area contributed by atoms with Gasteiger partial charge < -0.3 is 14.6 Å². The number of hydrogen-bond acceptors (Lipinski definition) is 3. The molecule has 2 heterocycles. The minimum Gasteiger partial charge on any atom is -0.467 e. The first kappa shape index (κ1) is 19.7. The Kier molecular flexibility index (Phi) is 6.32. The van der Waals surface area contributed by atoms with Gasteiger partial charge in [-0.25, -0.2) is 4.79 Å². The monoisotopic (exact) mass is 453 g/mol. The van der Waals surface area contributed by atoms with E-state index in [1.165, 1.54) is 11.1 Å². The van der Waals surface area contributed by atoms with Crippen molar-refractivity contribution in [3.05, 3.63) is 94.4 Å². The Morgan fingerprint density at radius 3 is 2.28 bits per heavy atom. The lowest BCUT2D eigenvalue weighted by atomic mass is 9.96. The van der Waals surface area contributed by atoms with Gasteiger partial charge in [0.05, 0.1) is 18.8 Å². The fraction of sp³-hybridized carbons (Fsp3) is 0.261. The van der Waals surface area contributed by atoms with Crippen LogP contribution in [-0.4, -0.2) is 42.0 Å². The zero-order valence-corrected chi connectivity index (χ0v) is 17.7. The number of urea groups is 1. The summed E-state index contributed by atoms with van der Waals surface area (Å²) >= 11 is 3.53. The second kappa shape index (κ2) is 9.29. The molecule has 1 fully saturated rings. The Hall–Kier alpha value is -2.57. The molecule has 5 nitrogen and oxygen atoms in total. The normalized spacial score (nSPS) is 15.8. The van der Waals surface area contributed by atoms with Crippen LogP contribution in [0.3, 0.4) is 0 Å². The van der Waals surface area contributed by atoms with Crippen LogP contribution in [0.5, 0.6) is 0 Å². The molecule has 0 aliphatic carbocycles. The number of furan rings is 1. The summed E-state index contributed by atoms with van der Waals surface area (Å²) in [6.07, 6.45) is 1.62. The molecule has 1 atom stereocenters. The summed E-state index contributed by atoms with van der Waals surface area (Å²) < 4.78 is 6.36. The van der Waals surface area contributed by atoms with Gasteiger partial charge in [-0.3, -0.25) is 4.90 Å². The van der Waals surface area contributed by atoms with Gasteiger partial charge in [0.25, 0.3) is 0 Å². The number of amides is 2. The molecule has 1 saturated heterocycles. The van der Waals surface area contributed by atoms with E-state index in [1.807, 2.05) is 23.1 Å². The van der Waals surface area contributed by atoms with Crippen molar-refractivity contribution in [3.8, 4) is 0 Å². The molecule has 4 rings (SSSR count). The molecule has 1 aromatic heterocycles. The van der Waals surface area contributed by atoms with E-state index in [4.69, 9.17) is 4.42 Å². The van der Waals surface area contributed by atoms with Crippen LogP contribution < -0.4 is 5.32 Å². The first-order valence-electron chi connectivity index (χ1n) is 9.80. The quantitative estimate of drug-likeness (QED) is 0.610. The van der Waals surface area contributed by atoms with E-state index in [0.717, 1.165) is 23.3 Å². The Bertz CT molecular complexity index is 905. The molecule has 0 spiro atoms. The lowest BCUT2D eigenvalue weighted by Gasteiger charge is -2.39. The predicted octanol–water partition coefficient (Wildman–Crippen LogP) is 4.66. The van der Waals surface area contributed by atoms with E-state index < -0.39 is 0 Å². The SMILES string of the molecule is O=C(NCc1ccco1)N1CCN([C@H](c2ccccc2)c2ccc(Br)cc2)CC1. The van der Waals surface area contributed by atoms with Crippen LogP contribution in [0.1, 0.15) is 22.9 Å². The van der Waals surface area contributed by atoms with Crippen molar-refractivity contribution < 1.29 is 9.21 Å². The van der Waals surface area contributed by atoms with E-state index in [-0.39, 0.29) is 12.1 Å². The molecule has 0 radical (unpaired) electrons. The van der Waals surface area contributed by atoms with Crippen molar-refractivity contribution >= 4 is 22.0 Å². The van der Waals surface area contributed by atoms with E-state index >= 15 is 0 Å². The Labute approximate surface area is 179 Å². The predicted molar refractivity (Wildman–Crippen MR) is 117 cm³/mol. The minimum atomic E-state index is -0.0408. The highest BCUT2D eigenvalue weighted by molar-refractivity contribution is 9.10. The number of nitrogens with one attached hydrogen (secondary N) is 1. The summed E-state index contributed by atoms with van der Waals surface area (Å²) in [5, 5.41) is 2.94. The number of piperazine rings is 1. The van der Waals surface area contributed by atoms with Crippen molar-refractivity contribution in [3.63, 3.8) is 0 Å². The number of carbonyl (C=O) groups excluding carboxylic acids is 1. The fourth-order valence-corrected chi connectivity index (χ4v) is 4.03. The molecule has 0 unspecified atom stereocenters. The Morgan fingerprint density at radius 2 is 1.62 bits per heavy atom. The van der Waals surface area contributed by atoms with Crippen molar-refractivity contribution in [1.29, 1.82) is 0 Å². The molecule has 6 heteroatoms. The van der Waals surface area contributed by atoms with E-state index in [1.54, 1.807) is 6.26 Å². The number of benzene rings is 2. The lowest BCUT2D eigenvalue weighted by molar-refractivity contribution is 0.120. The molecule has 2 aromatic carbocycles. The smallest absolute Gasteiger partial charge is 0.317 e. The molecule has 0 bridgehead atoms. The third kappa shape index (κ3) is 4.89. The fourth-order valence-electron chi connectivity index (χ4n) is 3.77. The van der Waals surface area contributed by atoms with E-state index in [9.17, 15) is 4.79 Å². The highest BCUT2D eigenvalue weighted by Crippen LogP contribution is 2.30. The van der Waals surface area contributed by atoms with Gasteiger partial charge in [0.1, 0.15) is 5.76 Å². The van der Waals surface area contributed by atoms with Crippen LogP contribution >= 0.6 is 15.9 Å². The van der Waals surface area contributed by atoms with Crippen LogP contribution in [0.2, 0.25) is 0 Å². The average Bonchev–Trinajstić information content (AvgIpc) is 3.29. The number of rotatable bonds is 5. The number of halogens is 1. The first-order chi connectivity index (χ1) is 14.2. The van der Waals surface area contributed by atoms with Gasteiger partial charge in [0.15, 0.2) is 0 Å². The molecule has 29 heavy (non-hydrogen) atoms. The molecule has 1 aliphatic heterocycles. The van der Waals surface area contributed by atoms with Gasteiger partial charge in [-0.1, -0.05) is 58.4 Å². The first-order valence-corrected chi connectivity index (χ1v) is 10.6. The van der Waals surface area contributed by atoms with Gasteiger partial charge in [-0.15, -0.1) is 0 Å². The van der Waals surface area contributed by atoms with Crippen molar-refractivity contribution in [2.24, 2.45) is 0 Å². The van der Waals surface area contributed by atoms with Crippen LogP contribution in [0.15, 0.2) is 81.9 Å². The maximum atomic E-state index is 12.5. The average molecular weight is 454 g/mol. The third-order valence-electron chi connectivity index (χ3n) is 5.26. The zero-order chi connectivity index (χ0) is 20.1. The second-order valence-corrected chi connectivity index (χ2v) is 8.04. The van der Waals surface area contributed by atoms with Gasteiger partial charge in [0.2, 0.25) is 0 Å². The third-order valence-corrected chi connectivity index (χ3v) is 5.79. The van der Waals surface area contributed by atoms with Crippen LogP contribution in [0, 0.1) is 0 Å². The van der Waals surface area contributed by atoms with E-state index in [0.29, 0.717) is 19.6 Å². The Morgan fingerprint density at radius 1 is 0.931 bits per heavy atom. The molecule has 1 aliphatic rings. The van der Waals surface area contributed by atoms with Crippen molar-refractivity contribution in [2.45, 2.75) is 12.6 Å². The Balaban J connectivity index is 1.42. The summed E-state index contributed by atoms with van der Waals surface area (Å²) in [4.78, 5) is 16.8. The lowest BCUT2D eigenvalue weighted by Crippen LogP contribution is -2.52. The van der Waals surface area contributed by atoms with Crippen LogP contribution in [-0.2, 0) is 6.54 Å². The van der Waals surface area contributed by atoms with Gasteiger partial charge in [-0.2, -0.15) is 0 Å².